The first-order chi connectivity index (χ1) is 13.4. The second-order valence-electron chi connectivity index (χ2n) is 7.17. The van der Waals surface area contributed by atoms with E-state index in [1.807, 2.05) is 81.4 Å². The van der Waals surface area contributed by atoms with E-state index in [4.69, 9.17) is 0 Å². The molecule has 28 heavy (non-hydrogen) atoms. The maximum Gasteiger partial charge on any atom is 0.319 e. The molecule has 1 aromatic heterocycles. The zero-order valence-electron chi connectivity index (χ0n) is 16.6. The molecule has 0 spiro atoms. The van der Waals surface area contributed by atoms with Crippen LogP contribution >= 0.6 is 0 Å². The zero-order chi connectivity index (χ0) is 20.3. The Morgan fingerprint density at radius 2 is 1.54 bits per heavy atom. The van der Waals surface area contributed by atoms with Crippen LogP contribution in [0.3, 0.4) is 0 Å². The van der Waals surface area contributed by atoms with E-state index in [9.17, 15) is 9.59 Å². The van der Waals surface area contributed by atoms with Crippen LogP contribution in [0.5, 0.6) is 0 Å². The summed E-state index contributed by atoms with van der Waals surface area (Å²) in [6, 6.07) is 18.6. The average molecular weight is 378 g/mol. The van der Waals surface area contributed by atoms with Crippen LogP contribution in [0.1, 0.15) is 31.1 Å². The van der Waals surface area contributed by atoms with Gasteiger partial charge in [0, 0.05) is 7.05 Å². The first kappa shape index (κ1) is 19.5. The van der Waals surface area contributed by atoms with Gasteiger partial charge in [0.1, 0.15) is 5.69 Å². The Bertz CT molecular complexity index is 1000. The van der Waals surface area contributed by atoms with E-state index in [1.54, 1.807) is 16.4 Å². The maximum atomic E-state index is 12.9. The molecule has 0 saturated carbocycles. The van der Waals surface area contributed by atoms with E-state index in [0.717, 1.165) is 11.3 Å². The fourth-order valence-electron chi connectivity index (χ4n) is 3.30. The highest BCUT2D eigenvalue weighted by molar-refractivity contribution is 5.90. The van der Waals surface area contributed by atoms with Gasteiger partial charge in [0.15, 0.2) is 0 Å². The van der Waals surface area contributed by atoms with E-state index in [0.29, 0.717) is 5.69 Å². The Morgan fingerprint density at radius 3 is 2.11 bits per heavy atom. The molecule has 1 atom stereocenters. The van der Waals surface area contributed by atoms with Crippen LogP contribution in [-0.2, 0) is 7.05 Å². The first-order valence-electron chi connectivity index (χ1n) is 9.36. The van der Waals surface area contributed by atoms with Crippen LogP contribution in [0.4, 0.5) is 10.5 Å². The molecule has 0 aliphatic carbocycles. The average Bonchev–Trinajstić information content (AvgIpc) is 2.90. The lowest BCUT2D eigenvalue weighted by atomic mass is 9.96. The van der Waals surface area contributed by atoms with Crippen molar-refractivity contribution in [3.05, 3.63) is 82.3 Å². The van der Waals surface area contributed by atoms with Gasteiger partial charge in [0.2, 0.25) is 0 Å². The van der Waals surface area contributed by atoms with Gasteiger partial charge in [-0.2, -0.15) is 0 Å². The summed E-state index contributed by atoms with van der Waals surface area (Å²) < 4.78 is 3.28. The minimum absolute atomic E-state index is 0.151. The number of carbonyl (C=O) groups excluding carboxylic acids is 1. The van der Waals surface area contributed by atoms with Crippen LogP contribution in [0, 0.1) is 12.8 Å². The molecule has 0 fully saturated rings. The topological polar surface area (TPSA) is 68.1 Å². The maximum absolute atomic E-state index is 12.9. The molecule has 3 rings (SSSR count). The van der Waals surface area contributed by atoms with E-state index >= 15 is 0 Å². The number of carbonyl (C=O) groups is 1. The molecule has 1 heterocycles. The van der Waals surface area contributed by atoms with Crippen molar-refractivity contribution in [3.63, 3.8) is 0 Å². The number of hydrogen-bond donors (Lipinski definition) is 2. The molecule has 6 heteroatoms. The monoisotopic (exact) mass is 378 g/mol. The quantitative estimate of drug-likeness (QED) is 0.704. The highest BCUT2D eigenvalue weighted by atomic mass is 16.2. The minimum atomic E-state index is -0.395. The van der Waals surface area contributed by atoms with Crippen LogP contribution in [0.25, 0.3) is 5.69 Å². The lowest BCUT2D eigenvalue weighted by molar-refractivity contribution is 0.244. The second kappa shape index (κ2) is 8.17. The molecular formula is C22H26N4O2. The lowest BCUT2D eigenvalue weighted by Gasteiger charge is -2.23. The van der Waals surface area contributed by atoms with Crippen molar-refractivity contribution in [2.24, 2.45) is 13.0 Å². The van der Waals surface area contributed by atoms with Gasteiger partial charge >= 0.3 is 6.03 Å². The van der Waals surface area contributed by atoms with Gasteiger partial charge in [0.25, 0.3) is 5.56 Å². The molecule has 3 aromatic rings. The van der Waals surface area contributed by atoms with Gasteiger partial charge in [0.05, 0.1) is 17.4 Å². The van der Waals surface area contributed by atoms with Crippen molar-refractivity contribution in [1.82, 2.24) is 14.7 Å². The van der Waals surface area contributed by atoms with E-state index in [2.05, 4.69) is 10.6 Å². The first-order valence-corrected chi connectivity index (χ1v) is 9.36. The molecule has 0 saturated heterocycles. The highest BCUT2D eigenvalue weighted by Gasteiger charge is 2.21. The number of urea groups is 1. The van der Waals surface area contributed by atoms with Gasteiger partial charge in [-0.15, -0.1) is 0 Å². The van der Waals surface area contributed by atoms with Crippen molar-refractivity contribution >= 4 is 11.7 Å². The van der Waals surface area contributed by atoms with E-state index in [-0.39, 0.29) is 23.2 Å². The third-order valence-electron chi connectivity index (χ3n) is 4.90. The van der Waals surface area contributed by atoms with Crippen molar-refractivity contribution in [1.29, 1.82) is 0 Å². The fraction of sp³-hybridized carbons (Fsp3) is 0.273. The molecule has 0 aliphatic rings. The van der Waals surface area contributed by atoms with Gasteiger partial charge < -0.3 is 10.6 Å². The Kier molecular flexibility index (Phi) is 5.68. The fourth-order valence-corrected chi connectivity index (χ4v) is 3.30. The number of amides is 2. The molecule has 6 nitrogen and oxygen atoms in total. The Labute approximate surface area is 164 Å². The normalized spacial score (nSPS) is 12.0. The Hall–Kier alpha value is -3.28. The number of rotatable bonds is 5. The number of hydrogen-bond acceptors (Lipinski definition) is 2. The Balaban J connectivity index is 1.86. The summed E-state index contributed by atoms with van der Waals surface area (Å²) in [5, 5.41) is 5.76. The molecular weight excluding hydrogens is 352 g/mol. The third-order valence-corrected chi connectivity index (χ3v) is 4.90. The predicted octanol–water partition coefficient (Wildman–Crippen LogP) is 4.00. The van der Waals surface area contributed by atoms with Crippen LogP contribution in [0.15, 0.2) is 65.5 Å². The summed E-state index contributed by atoms with van der Waals surface area (Å²) in [5.41, 5.74) is 2.47. The highest BCUT2D eigenvalue weighted by Crippen LogP contribution is 2.21. The zero-order valence-corrected chi connectivity index (χ0v) is 16.6. The largest absolute Gasteiger partial charge is 0.331 e. The molecule has 0 radical (unpaired) electrons. The molecule has 0 aliphatic heterocycles. The molecule has 2 amide bonds. The standard InChI is InChI=1S/C22H26N4O2/c1-15(2)19(17-11-7-5-8-12-17)23-22(28)24-20-16(3)25(4)26(21(20)27)18-13-9-6-10-14-18/h5-15,19H,1-4H3,(H2,23,24,28)/t19-/m0/s1. The van der Waals surface area contributed by atoms with Gasteiger partial charge in [-0.1, -0.05) is 62.4 Å². The van der Waals surface area contributed by atoms with Gasteiger partial charge in [-0.25, -0.2) is 9.48 Å². The Morgan fingerprint density at radius 1 is 0.964 bits per heavy atom. The summed E-state index contributed by atoms with van der Waals surface area (Å²) in [6.07, 6.45) is 0. The van der Waals surface area contributed by atoms with Crippen molar-refractivity contribution in [2.75, 3.05) is 5.32 Å². The summed E-state index contributed by atoms with van der Waals surface area (Å²) in [5.74, 6) is 0.200. The molecule has 0 unspecified atom stereocenters. The van der Waals surface area contributed by atoms with Crippen molar-refractivity contribution in [2.45, 2.75) is 26.8 Å². The molecule has 146 valence electrons. The van der Waals surface area contributed by atoms with Crippen LogP contribution in [-0.4, -0.2) is 15.4 Å². The molecule has 0 bridgehead atoms. The second-order valence-corrected chi connectivity index (χ2v) is 7.17. The van der Waals surface area contributed by atoms with Gasteiger partial charge in [-0.3, -0.25) is 9.48 Å². The predicted molar refractivity (Wildman–Crippen MR) is 112 cm³/mol. The molecule has 2 N–H and O–H groups in total. The number of nitrogens with zero attached hydrogens (tertiary/aromatic N) is 2. The SMILES string of the molecule is Cc1c(NC(=O)N[C@H](c2ccccc2)C(C)C)c(=O)n(-c2ccccc2)n1C. The number of aromatic nitrogens is 2. The van der Waals surface area contributed by atoms with E-state index < -0.39 is 6.03 Å². The lowest BCUT2D eigenvalue weighted by Crippen LogP contribution is -2.36. The van der Waals surface area contributed by atoms with Crippen molar-refractivity contribution in [3.8, 4) is 5.69 Å². The summed E-state index contributed by atoms with van der Waals surface area (Å²) in [7, 11) is 1.80. The number of para-hydroxylation sites is 1. The number of nitrogens with one attached hydrogen (secondary N) is 2. The van der Waals surface area contributed by atoms with E-state index in [1.165, 1.54) is 0 Å². The summed E-state index contributed by atoms with van der Waals surface area (Å²) >= 11 is 0. The van der Waals surface area contributed by atoms with Crippen LogP contribution < -0.4 is 16.2 Å². The smallest absolute Gasteiger partial charge is 0.319 e. The summed E-state index contributed by atoms with van der Waals surface area (Å²) in [6.45, 7) is 5.91. The number of benzene rings is 2. The third kappa shape index (κ3) is 3.86. The number of anilines is 1. The minimum Gasteiger partial charge on any atom is -0.331 e. The van der Waals surface area contributed by atoms with Crippen LogP contribution in [0.2, 0.25) is 0 Å². The molecule has 2 aromatic carbocycles. The van der Waals surface area contributed by atoms with Gasteiger partial charge in [-0.05, 0) is 30.5 Å². The summed E-state index contributed by atoms with van der Waals surface area (Å²) in [4.78, 5) is 25.6. The van der Waals surface area contributed by atoms with Crippen molar-refractivity contribution < 1.29 is 4.79 Å².